The number of carbonyl (C=O) groups is 2. The van der Waals surface area contributed by atoms with E-state index in [-0.39, 0.29) is 18.6 Å². The fraction of sp³-hybridized carbons (Fsp3) is 0.429. The maximum atomic E-state index is 12.5. The van der Waals surface area contributed by atoms with Crippen molar-refractivity contribution >= 4 is 28.6 Å². The molecule has 3 aromatic heterocycles. The molecule has 158 valence electrons. The van der Waals surface area contributed by atoms with Gasteiger partial charge in [-0.1, -0.05) is 0 Å². The molecule has 0 radical (unpaired) electrons. The van der Waals surface area contributed by atoms with Crippen LogP contribution in [0.25, 0.3) is 11.0 Å². The van der Waals surface area contributed by atoms with Gasteiger partial charge < -0.3 is 19.4 Å². The first-order chi connectivity index (χ1) is 14.5. The molecule has 0 aliphatic carbocycles. The second-order valence-corrected chi connectivity index (χ2v) is 7.36. The molecule has 0 saturated carbocycles. The number of piperidine rings is 1. The van der Waals surface area contributed by atoms with E-state index in [2.05, 4.69) is 15.4 Å². The lowest BCUT2D eigenvalue weighted by Gasteiger charge is -2.32. The number of carbonyl (C=O) groups excluding carboxylic acids is 2. The van der Waals surface area contributed by atoms with Crippen molar-refractivity contribution in [3.63, 3.8) is 0 Å². The number of nitrogens with zero attached hydrogens (tertiary/aromatic N) is 4. The number of furan rings is 1. The van der Waals surface area contributed by atoms with Crippen molar-refractivity contribution in [2.24, 2.45) is 7.05 Å². The van der Waals surface area contributed by atoms with Gasteiger partial charge >= 0.3 is 5.97 Å². The Balaban J connectivity index is 1.57. The summed E-state index contributed by atoms with van der Waals surface area (Å²) < 4.78 is 12.2. The van der Waals surface area contributed by atoms with Gasteiger partial charge in [-0.05, 0) is 38.8 Å². The standard InChI is InChI=1S/C21H25N5O4/c1-4-29-21(28)15-12-22-19-17(13(2)24-25(19)3)18(15)23-14-7-9-26(10-8-14)20(27)16-6-5-11-30-16/h5-6,11-12,14H,4,7-10H2,1-3H3,(H,22,23). The number of hydrogen-bond acceptors (Lipinski definition) is 7. The van der Waals surface area contributed by atoms with Gasteiger partial charge in [0.25, 0.3) is 5.91 Å². The number of pyridine rings is 1. The van der Waals surface area contributed by atoms with E-state index >= 15 is 0 Å². The molecule has 0 atom stereocenters. The van der Waals surface area contributed by atoms with E-state index in [0.717, 1.165) is 23.9 Å². The summed E-state index contributed by atoms with van der Waals surface area (Å²) in [5.74, 6) is -0.156. The van der Waals surface area contributed by atoms with Gasteiger partial charge in [-0.25, -0.2) is 9.78 Å². The minimum Gasteiger partial charge on any atom is -0.462 e. The van der Waals surface area contributed by atoms with Gasteiger partial charge in [0.2, 0.25) is 0 Å². The Labute approximate surface area is 174 Å². The minimum absolute atomic E-state index is 0.0972. The minimum atomic E-state index is -0.414. The van der Waals surface area contributed by atoms with Gasteiger partial charge in [0.05, 0.1) is 29.6 Å². The van der Waals surface area contributed by atoms with Crippen LogP contribution in [0.4, 0.5) is 5.69 Å². The number of nitrogens with one attached hydrogen (secondary N) is 1. The van der Waals surface area contributed by atoms with Crippen LogP contribution in [0, 0.1) is 6.92 Å². The van der Waals surface area contributed by atoms with Crippen molar-refractivity contribution in [2.75, 3.05) is 25.0 Å². The molecule has 1 aliphatic heterocycles. The van der Waals surface area contributed by atoms with Crippen molar-refractivity contribution in [2.45, 2.75) is 32.7 Å². The average Bonchev–Trinajstić information content (AvgIpc) is 3.37. The van der Waals surface area contributed by atoms with Crippen LogP contribution in [0.2, 0.25) is 0 Å². The fourth-order valence-corrected chi connectivity index (χ4v) is 3.91. The predicted molar refractivity (Wildman–Crippen MR) is 110 cm³/mol. The number of fused-ring (bicyclic) bond motifs is 1. The van der Waals surface area contributed by atoms with Gasteiger partial charge in [0.15, 0.2) is 11.4 Å². The Bertz CT molecular complexity index is 1060. The van der Waals surface area contributed by atoms with Gasteiger partial charge in [-0.3, -0.25) is 9.48 Å². The normalized spacial score (nSPS) is 14.8. The third-order valence-corrected chi connectivity index (χ3v) is 5.39. The van der Waals surface area contributed by atoms with E-state index in [4.69, 9.17) is 9.15 Å². The number of ether oxygens (including phenoxy) is 1. The molecule has 9 nitrogen and oxygen atoms in total. The van der Waals surface area contributed by atoms with Gasteiger partial charge in [-0.15, -0.1) is 0 Å². The summed E-state index contributed by atoms with van der Waals surface area (Å²) in [7, 11) is 1.83. The van der Waals surface area contributed by atoms with Crippen molar-refractivity contribution in [3.8, 4) is 0 Å². The molecule has 1 aliphatic rings. The molecule has 0 bridgehead atoms. The van der Waals surface area contributed by atoms with Crippen LogP contribution in [-0.4, -0.2) is 57.3 Å². The van der Waals surface area contributed by atoms with Crippen LogP contribution in [0.1, 0.15) is 46.4 Å². The van der Waals surface area contributed by atoms with Crippen LogP contribution in [0.15, 0.2) is 29.0 Å². The highest BCUT2D eigenvalue weighted by Crippen LogP contribution is 2.31. The molecule has 0 unspecified atom stereocenters. The second kappa shape index (κ2) is 8.17. The zero-order chi connectivity index (χ0) is 21.3. The molecule has 0 aromatic carbocycles. The zero-order valence-corrected chi connectivity index (χ0v) is 17.3. The highest BCUT2D eigenvalue weighted by Gasteiger charge is 2.27. The largest absolute Gasteiger partial charge is 0.462 e. The highest BCUT2D eigenvalue weighted by atomic mass is 16.5. The summed E-state index contributed by atoms with van der Waals surface area (Å²) in [4.78, 5) is 31.3. The van der Waals surface area contributed by atoms with Gasteiger partial charge in [0.1, 0.15) is 5.56 Å². The Kier molecular flexibility index (Phi) is 5.43. The average molecular weight is 411 g/mol. The molecular formula is C21H25N5O4. The lowest BCUT2D eigenvalue weighted by Crippen LogP contribution is -2.42. The van der Waals surface area contributed by atoms with Crippen molar-refractivity contribution < 1.29 is 18.7 Å². The molecule has 4 heterocycles. The van der Waals surface area contributed by atoms with E-state index in [1.165, 1.54) is 6.26 Å². The molecule has 1 N–H and O–H groups in total. The first-order valence-electron chi connectivity index (χ1n) is 10.1. The second-order valence-electron chi connectivity index (χ2n) is 7.36. The van der Waals surface area contributed by atoms with Crippen LogP contribution in [-0.2, 0) is 11.8 Å². The molecule has 0 spiro atoms. The van der Waals surface area contributed by atoms with Crippen LogP contribution in [0.5, 0.6) is 0 Å². The lowest BCUT2D eigenvalue weighted by atomic mass is 10.0. The van der Waals surface area contributed by atoms with Crippen molar-refractivity contribution in [1.82, 2.24) is 19.7 Å². The molecule has 30 heavy (non-hydrogen) atoms. The van der Waals surface area contributed by atoms with Crippen LogP contribution in [0.3, 0.4) is 0 Å². The third kappa shape index (κ3) is 3.62. The predicted octanol–water partition coefficient (Wildman–Crippen LogP) is 2.76. The number of anilines is 1. The fourth-order valence-electron chi connectivity index (χ4n) is 3.91. The molecule has 4 rings (SSSR count). The Morgan fingerprint density at radius 2 is 2.10 bits per heavy atom. The molecule has 1 fully saturated rings. The SMILES string of the molecule is CCOC(=O)c1cnc2c(c(C)nn2C)c1NC1CCN(C(=O)c2ccco2)CC1. The van der Waals surface area contributed by atoms with Crippen LogP contribution >= 0.6 is 0 Å². The number of likely N-dealkylation sites (tertiary alicyclic amines) is 1. The van der Waals surface area contributed by atoms with E-state index in [0.29, 0.717) is 35.7 Å². The number of aryl methyl sites for hydroxylation is 2. The van der Waals surface area contributed by atoms with Crippen LogP contribution < -0.4 is 5.32 Å². The first kappa shape index (κ1) is 19.9. The van der Waals surface area contributed by atoms with Gasteiger partial charge in [0, 0.05) is 32.4 Å². The summed E-state index contributed by atoms with van der Waals surface area (Å²) in [6, 6.07) is 3.49. The summed E-state index contributed by atoms with van der Waals surface area (Å²) >= 11 is 0. The summed E-state index contributed by atoms with van der Waals surface area (Å²) in [6.45, 7) is 5.17. The number of rotatable bonds is 5. The topological polar surface area (TPSA) is 102 Å². The molecule has 1 amide bonds. The first-order valence-corrected chi connectivity index (χ1v) is 10.1. The summed E-state index contributed by atoms with van der Waals surface area (Å²) in [6.07, 6.45) is 4.54. The zero-order valence-electron chi connectivity index (χ0n) is 17.3. The summed E-state index contributed by atoms with van der Waals surface area (Å²) in [5, 5.41) is 8.79. The smallest absolute Gasteiger partial charge is 0.341 e. The van der Waals surface area contributed by atoms with E-state index in [1.807, 2.05) is 14.0 Å². The van der Waals surface area contributed by atoms with E-state index < -0.39 is 5.97 Å². The Morgan fingerprint density at radius 3 is 2.77 bits per heavy atom. The number of aromatic nitrogens is 3. The van der Waals surface area contributed by atoms with Gasteiger partial charge in [-0.2, -0.15) is 5.10 Å². The molecular weight excluding hydrogens is 386 g/mol. The number of esters is 1. The number of hydrogen-bond donors (Lipinski definition) is 1. The van der Waals surface area contributed by atoms with E-state index in [1.54, 1.807) is 34.8 Å². The van der Waals surface area contributed by atoms with Crippen molar-refractivity contribution in [3.05, 3.63) is 41.6 Å². The maximum absolute atomic E-state index is 12.5. The van der Waals surface area contributed by atoms with E-state index in [9.17, 15) is 9.59 Å². The summed E-state index contributed by atoms with van der Waals surface area (Å²) in [5.41, 5.74) is 2.59. The molecule has 9 heteroatoms. The quantitative estimate of drug-likeness (QED) is 0.644. The number of amides is 1. The Morgan fingerprint density at radius 1 is 1.33 bits per heavy atom. The highest BCUT2D eigenvalue weighted by molar-refractivity contribution is 6.05. The molecule has 1 saturated heterocycles. The third-order valence-electron chi connectivity index (χ3n) is 5.39. The lowest BCUT2D eigenvalue weighted by molar-refractivity contribution is 0.0527. The van der Waals surface area contributed by atoms with Crippen molar-refractivity contribution in [1.29, 1.82) is 0 Å². The maximum Gasteiger partial charge on any atom is 0.341 e. The Hall–Kier alpha value is -3.36. The molecule has 3 aromatic rings. The monoisotopic (exact) mass is 411 g/mol.